The minimum Gasteiger partial charge on any atom is -0.493 e. The van der Waals surface area contributed by atoms with Crippen molar-refractivity contribution in [3.63, 3.8) is 0 Å². The standard InChI is InChI=1S/C24H19Cl2N3O5/c1-33-21-12-15(6-11-20(21)34-24(32)16-7-9-17(25)10-8-16)13-28-29-22(30)14-27-23(31)18-4-2-3-5-19(18)26/h2-13H,14H2,1H3,(H,27,31)(H,29,30)/b28-13-. The number of halogens is 2. The van der Waals surface area contributed by atoms with Crippen molar-refractivity contribution >= 4 is 47.2 Å². The number of nitrogens with zero attached hydrogens (tertiary/aromatic N) is 1. The first-order chi connectivity index (χ1) is 16.4. The molecule has 0 bridgehead atoms. The predicted molar refractivity (Wildman–Crippen MR) is 129 cm³/mol. The minimum absolute atomic E-state index is 0.214. The zero-order valence-electron chi connectivity index (χ0n) is 17.9. The van der Waals surface area contributed by atoms with E-state index in [1.54, 1.807) is 66.7 Å². The predicted octanol–water partition coefficient (Wildman–Crippen LogP) is 4.10. The Morgan fingerprint density at radius 2 is 1.71 bits per heavy atom. The van der Waals surface area contributed by atoms with Crippen molar-refractivity contribution in [1.29, 1.82) is 0 Å². The topological polar surface area (TPSA) is 106 Å². The Hall–Kier alpha value is -3.88. The van der Waals surface area contributed by atoms with E-state index in [-0.39, 0.29) is 22.9 Å². The number of hydrogen-bond acceptors (Lipinski definition) is 6. The Labute approximate surface area is 205 Å². The fourth-order valence-corrected chi connectivity index (χ4v) is 3.06. The molecule has 2 amide bonds. The Balaban J connectivity index is 1.54. The van der Waals surface area contributed by atoms with Crippen LogP contribution in [-0.2, 0) is 4.79 Å². The van der Waals surface area contributed by atoms with E-state index in [1.165, 1.54) is 13.3 Å². The van der Waals surface area contributed by atoms with Crippen LogP contribution in [0.4, 0.5) is 0 Å². The maximum atomic E-state index is 12.3. The van der Waals surface area contributed by atoms with Crippen LogP contribution in [0.3, 0.4) is 0 Å². The van der Waals surface area contributed by atoms with Crippen molar-refractivity contribution in [2.45, 2.75) is 0 Å². The minimum atomic E-state index is -0.567. The van der Waals surface area contributed by atoms with Crippen molar-refractivity contribution < 1.29 is 23.9 Å². The van der Waals surface area contributed by atoms with Gasteiger partial charge in [0.15, 0.2) is 11.5 Å². The molecule has 3 aromatic rings. The monoisotopic (exact) mass is 499 g/mol. The number of carbonyl (C=O) groups is 3. The van der Waals surface area contributed by atoms with E-state index >= 15 is 0 Å². The summed E-state index contributed by atoms with van der Waals surface area (Å²) in [6.07, 6.45) is 1.38. The molecule has 0 aliphatic rings. The van der Waals surface area contributed by atoms with E-state index < -0.39 is 17.8 Å². The highest BCUT2D eigenvalue weighted by Gasteiger charge is 2.13. The molecule has 0 spiro atoms. The summed E-state index contributed by atoms with van der Waals surface area (Å²) in [6.45, 7) is -0.287. The van der Waals surface area contributed by atoms with Gasteiger partial charge >= 0.3 is 5.97 Å². The summed E-state index contributed by atoms with van der Waals surface area (Å²) in [6, 6.07) is 17.5. The quantitative estimate of drug-likeness (QED) is 0.210. The summed E-state index contributed by atoms with van der Waals surface area (Å²) < 4.78 is 10.7. The van der Waals surface area contributed by atoms with Gasteiger partial charge in [0.05, 0.1) is 36.0 Å². The average molecular weight is 500 g/mol. The van der Waals surface area contributed by atoms with Crippen LogP contribution in [0.1, 0.15) is 26.3 Å². The molecule has 0 radical (unpaired) electrons. The van der Waals surface area contributed by atoms with Gasteiger partial charge in [0.1, 0.15) is 0 Å². The number of amides is 2. The van der Waals surface area contributed by atoms with Gasteiger partial charge < -0.3 is 14.8 Å². The number of benzene rings is 3. The van der Waals surface area contributed by atoms with E-state index in [0.717, 1.165) is 0 Å². The summed E-state index contributed by atoms with van der Waals surface area (Å²) in [5.41, 5.74) is 3.48. The third-order valence-corrected chi connectivity index (χ3v) is 4.98. The highest BCUT2D eigenvalue weighted by atomic mass is 35.5. The Morgan fingerprint density at radius 1 is 0.971 bits per heavy atom. The first-order valence-electron chi connectivity index (χ1n) is 9.88. The molecule has 10 heteroatoms. The molecule has 0 aromatic heterocycles. The second-order valence-electron chi connectivity index (χ2n) is 6.76. The van der Waals surface area contributed by atoms with Gasteiger partial charge in [-0.1, -0.05) is 35.3 Å². The molecular formula is C24H19Cl2N3O5. The van der Waals surface area contributed by atoms with Crippen molar-refractivity contribution in [3.05, 3.63) is 93.5 Å². The lowest BCUT2D eigenvalue weighted by Gasteiger charge is -2.10. The maximum absolute atomic E-state index is 12.3. The molecule has 3 rings (SSSR count). The van der Waals surface area contributed by atoms with Gasteiger partial charge in [-0.3, -0.25) is 9.59 Å². The number of ether oxygens (including phenoxy) is 2. The number of hydrazone groups is 1. The molecule has 0 saturated carbocycles. The number of methoxy groups -OCH3 is 1. The molecule has 2 N–H and O–H groups in total. The molecule has 34 heavy (non-hydrogen) atoms. The second-order valence-corrected chi connectivity index (χ2v) is 7.61. The SMILES string of the molecule is COc1cc(/C=N\NC(=O)CNC(=O)c2ccccc2Cl)ccc1OC(=O)c1ccc(Cl)cc1. The molecular weight excluding hydrogens is 481 g/mol. The summed E-state index contributed by atoms with van der Waals surface area (Å²) in [4.78, 5) is 36.3. The molecule has 8 nitrogen and oxygen atoms in total. The van der Waals surface area contributed by atoms with Gasteiger partial charge in [-0.2, -0.15) is 5.10 Å². The summed E-state index contributed by atoms with van der Waals surface area (Å²) in [7, 11) is 1.43. The summed E-state index contributed by atoms with van der Waals surface area (Å²) >= 11 is 11.8. The third kappa shape index (κ3) is 6.81. The van der Waals surface area contributed by atoms with Crippen LogP contribution in [0.5, 0.6) is 11.5 Å². The third-order valence-electron chi connectivity index (χ3n) is 4.40. The number of carbonyl (C=O) groups excluding carboxylic acids is 3. The molecule has 0 heterocycles. The molecule has 0 aliphatic carbocycles. The van der Waals surface area contributed by atoms with Gasteiger partial charge in [-0.15, -0.1) is 0 Å². The summed E-state index contributed by atoms with van der Waals surface area (Å²) in [5, 5.41) is 7.11. The molecule has 3 aromatic carbocycles. The molecule has 0 aliphatic heterocycles. The van der Waals surface area contributed by atoms with Gasteiger partial charge in [-0.05, 0) is 60.2 Å². The number of nitrogens with one attached hydrogen (secondary N) is 2. The van der Waals surface area contributed by atoms with E-state index in [1.807, 2.05) is 0 Å². The average Bonchev–Trinajstić information content (AvgIpc) is 2.84. The fourth-order valence-electron chi connectivity index (χ4n) is 2.71. The van der Waals surface area contributed by atoms with Gasteiger partial charge in [0.2, 0.25) is 0 Å². The largest absolute Gasteiger partial charge is 0.493 e. The van der Waals surface area contributed by atoms with Crippen LogP contribution >= 0.6 is 23.2 Å². The smallest absolute Gasteiger partial charge is 0.343 e. The maximum Gasteiger partial charge on any atom is 0.343 e. The first-order valence-corrected chi connectivity index (χ1v) is 10.6. The van der Waals surface area contributed by atoms with Crippen molar-refractivity contribution in [3.8, 4) is 11.5 Å². The highest BCUT2D eigenvalue weighted by molar-refractivity contribution is 6.33. The first kappa shape index (κ1) is 24.8. The lowest BCUT2D eigenvalue weighted by Crippen LogP contribution is -2.35. The van der Waals surface area contributed by atoms with Crippen LogP contribution < -0.4 is 20.2 Å². The zero-order valence-corrected chi connectivity index (χ0v) is 19.4. The van der Waals surface area contributed by atoms with Crippen molar-refractivity contribution in [2.75, 3.05) is 13.7 Å². The van der Waals surface area contributed by atoms with E-state index in [0.29, 0.717) is 21.9 Å². The Morgan fingerprint density at radius 3 is 2.41 bits per heavy atom. The van der Waals surface area contributed by atoms with E-state index in [9.17, 15) is 14.4 Å². The highest BCUT2D eigenvalue weighted by Crippen LogP contribution is 2.28. The zero-order chi connectivity index (χ0) is 24.5. The van der Waals surface area contributed by atoms with Gasteiger partial charge in [-0.25, -0.2) is 10.2 Å². The Bertz CT molecular complexity index is 1230. The molecule has 0 fully saturated rings. The molecule has 0 atom stereocenters. The molecule has 174 valence electrons. The number of esters is 1. The van der Waals surface area contributed by atoms with Crippen molar-refractivity contribution in [1.82, 2.24) is 10.7 Å². The van der Waals surface area contributed by atoms with E-state index in [2.05, 4.69) is 15.8 Å². The number of hydrogen-bond donors (Lipinski definition) is 2. The van der Waals surface area contributed by atoms with Crippen molar-refractivity contribution in [2.24, 2.45) is 5.10 Å². The molecule has 0 unspecified atom stereocenters. The summed E-state index contributed by atoms with van der Waals surface area (Å²) in [5.74, 6) is -1.06. The van der Waals surface area contributed by atoms with Crippen LogP contribution in [-0.4, -0.2) is 37.7 Å². The van der Waals surface area contributed by atoms with Crippen LogP contribution in [0.2, 0.25) is 10.0 Å². The van der Waals surface area contributed by atoms with Crippen LogP contribution in [0.25, 0.3) is 0 Å². The van der Waals surface area contributed by atoms with Crippen LogP contribution in [0.15, 0.2) is 71.8 Å². The molecule has 0 saturated heterocycles. The number of rotatable bonds is 8. The normalized spacial score (nSPS) is 10.6. The van der Waals surface area contributed by atoms with Gasteiger partial charge in [0.25, 0.3) is 11.8 Å². The Kier molecular flexibility index (Phi) is 8.61. The van der Waals surface area contributed by atoms with Crippen LogP contribution in [0, 0.1) is 0 Å². The second kappa shape index (κ2) is 11.8. The lowest BCUT2D eigenvalue weighted by atomic mass is 10.2. The van der Waals surface area contributed by atoms with E-state index in [4.69, 9.17) is 32.7 Å². The fraction of sp³-hybridized carbons (Fsp3) is 0.0833. The van der Waals surface area contributed by atoms with Gasteiger partial charge in [0, 0.05) is 5.02 Å². The lowest BCUT2D eigenvalue weighted by molar-refractivity contribution is -0.120.